The molecule has 3 aromatic rings. The average molecular weight is 239 g/mol. The van der Waals surface area contributed by atoms with E-state index in [9.17, 15) is 0 Å². The quantitative estimate of drug-likeness (QED) is 0.705. The van der Waals surface area contributed by atoms with Crippen LogP contribution in [-0.2, 0) is 6.54 Å². The Morgan fingerprint density at radius 2 is 2.00 bits per heavy atom. The van der Waals surface area contributed by atoms with Crippen molar-refractivity contribution in [2.24, 2.45) is 0 Å². The topological polar surface area (TPSA) is 39.9 Å². The van der Waals surface area contributed by atoms with Crippen molar-refractivity contribution in [3.63, 3.8) is 0 Å². The highest BCUT2D eigenvalue weighted by atomic mass is 16.5. The summed E-state index contributed by atoms with van der Waals surface area (Å²) in [5.41, 5.74) is 2.93. The van der Waals surface area contributed by atoms with Gasteiger partial charge in [0.1, 0.15) is 5.75 Å². The highest BCUT2D eigenvalue weighted by Gasteiger charge is 2.06. The molecule has 0 unspecified atom stereocenters. The molecule has 0 aliphatic rings. The van der Waals surface area contributed by atoms with Crippen LogP contribution in [0.25, 0.3) is 11.2 Å². The van der Waals surface area contributed by atoms with Crippen LogP contribution in [0.3, 0.4) is 0 Å². The standard InChI is InChI=1S/C14H13N3O/c1-18-13-7-3-2-5-11(13)9-17-10-16-14-12(17)6-4-8-15-14/h2-8,10H,9H2,1H3. The predicted molar refractivity (Wildman–Crippen MR) is 69.6 cm³/mol. The Hall–Kier alpha value is -2.36. The first-order valence-electron chi connectivity index (χ1n) is 5.76. The van der Waals surface area contributed by atoms with Gasteiger partial charge in [0.25, 0.3) is 0 Å². The summed E-state index contributed by atoms with van der Waals surface area (Å²) in [4.78, 5) is 8.50. The largest absolute Gasteiger partial charge is 0.496 e. The highest BCUT2D eigenvalue weighted by Crippen LogP contribution is 2.20. The lowest BCUT2D eigenvalue weighted by Crippen LogP contribution is -2.00. The van der Waals surface area contributed by atoms with E-state index in [0.717, 1.165) is 29.0 Å². The smallest absolute Gasteiger partial charge is 0.177 e. The molecule has 4 heteroatoms. The van der Waals surface area contributed by atoms with Crippen LogP contribution in [0.1, 0.15) is 5.56 Å². The van der Waals surface area contributed by atoms with Gasteiger partial charge in [-0.05, 0) is 18.2 Å². The molecular weight excluding hydrogens is 226 g/mol. The van der Waals surface area contributed by atoms with E-state index in [1.54, 1.807) is 13.3 Å². The van der Waals surface area contributed by atoms with Gasteiger partial charge in [-0.3, -0.25) is 0 Å². The molecule has 0 fully saturated rings. The number of benzene rings is 1. The van der Waals surface area contributed by atoms with Gasteiger partial charge in [0, 0.05) is 11.8 Å². The predicted octanol–water partition coefficient (Wildman–Crippen LogP) is 2.49. The lowest BCUT2D eigenvalue weighted by atomic mass is 10.2. The van der Waals surface area contributed by atoms with Crippen LogP contribution in [0.5, 0.6) is 5.75 Å². The number of methoxy groups -OCH3 is 1. The number of fused-ring (bicyclic) bond motifs is 1. The van der Waals surface area contributed by atoms with Crippen molar-refractivity contribution in [2.75, 3.05) is 7.11 Å². The molecule has 90 valence electrons. The van der Waals surface area contributed by atoms with Crippen molar-refractivity contribution in [1.82, 2.24) is 14.5 Å². The molecule has 4 nitrogen and oxygen atoms in total. The third kappa shape index (κ3) is 1.82. The maximum atomic E-state index is 5.36. The van der Waals surface area contributed by atoms with Gasteiger partial charge in [-0.1, -0.05) is 18.2 Å². The first-order chi connectivity index (χ1) is 8.88. The molecule has 3 rings (SSSR count). The second-order valence-corrected chi connectivity index (χ2v) is 4.03. The second-order valence-electron chi connectivity index (χ2n) is 4.03. The summed E-state index contributed by atoms with van der Waals surface area (Å²) in [5.74, 6) is 0.892. The number of para-hydroxylation sites is 1. The van der Waals surface area contributed by atoms with Gasteiger partial charge >= 0.3 is 0 Å². The fourth-order valence-electron chi connectivity index (χ4n) is 2.04. The minimum absolute atomic E-state index is 0.728. The Balaban J connectivity index is 2.01. The molecule has 18 heavy (non-hydrogen) atoms. The zero-order valence-electron chi connectivity index (χ0n) is 10.1. The van der Waals surface area contributed by atoms with Gasteiger partial charge in [-0.25, -0.2) is 9.97 Å². The van der Waals surface area contributed by atoms with E-state index < -0.39 is 0 Å². The normalized spacial score (nSPS) is 10.7. The van der Waals surface area contributed by atoms with Crippen molar-refractivity contribution in [3.05, 3.63) is 54.5 Å². The van der Waals surface area contributed by atoms with Gasteiger partial charge in [0.15, 0.2) is 5.65 Å². The molecule has 0 saturated heterocycles. The van der Waals surface area contributed by atoms with E-state index in [0.29, 0.717) is 0 Å². The Morgan fingerprint density at radius 1 is 1.11 bits per heavy atom. The number of pyridine rings is 1. The fraction of sp³-hybridized carbons (Fsp3) is 0.143. The molecule has 0 N–H and O–H groups in total. The lowest BCUT2D eigenvalue weighted by Gasteiger charge is -2.09. The van der Waals surface area contributed by atoms with Gasteiger partial charge in [0.2, 0.25) is 0 Å². The monoisotopic (exact) mass is 239 g/mol. The molecule has 0 spiro atoms. The summed E-state index contributed by atoms with van der Waals surface area (Å²) in [7, 11) is 1.69. The Kier molecular flexibility index (Phi) is 2.68. The summed E-state index contributed by atoms with van der Waals surface area (Å²) in [6, 6.07) is 11.9. The van der Waals surface area contributed by atoms with E-state index in [1.807, 2.05) is 36.7 Å². The van der Waals surface area contributed by atoms with Gasteiger partial charge in [-0.2, -0.15) is 0 Å². The molecule has 0 aliphatic heterocycles. The van der Waals surface area contributed by atoms with Crippen molar-refractivity contribution in [2.45, 2.75) is 6.54 Å². The molecular formula is C14H13N3O. The van der Waals surface area contributed by atoms with Gasteiger partial charge in [0.05, 0.1) is 25.5 Å². The summed E-state index contributed by atoms with van der Waals surface area (Å²) in [6.45, 7) is 0.728. The van der Waals surface area contributed by atoms with E-state index >= 15 is 0 Å². The van der Waals surface area contributed by atoms with Gasteiger partial charge in [-0.15, -0.1) is 0 Å². The summed E-state index contributed by atoms with van der Waals surface area (Å²) in [5, 5.41) is 0. The Labute approximate surface area is 105 Å². The number of rotatable bonds is 3. The Bertz CT molecular complexity index is 675. The van der Waals surface area contributed by atoms with Crippen molar-refractivity contribution in [1.29, 1.82) is 0 Å². The lowest BCUT2D eigenvalue weighted by molar-refractivity contribution is 0.408. The molecule has 0 bridgehead atoms. The number of imidazole rings is 1. The van der Waals surface area contributed by atoms with E-state index in [1.165, 1.54) is 0 Å². The number of ether oxygens (including phenoxy) is 1. The van der Waals surface area contributed by atoms with Crippen molar-refractivity contribution >= 4 is 11.2 Å². The highest BCUT2D eigenvalue weighted by molar-refractivity contribution is 5.70. The van der Waals surface area contributed by atoms with Crippen molar-refractivity contribution in [3.8, 4) is 5.75 Å². The number of hydrogen-bond acceptors (Lipinski definition) is 3. The third-order valence-corrected chi connectivity index (χ3v) is 2.93. The number of nitrogens with zero attached hydrogens (tertiary/aromatic N) is 3. The zero-order chi connectivity index (χ0) is 12.4. The summed E-state index contributed by atoms with van der Waals surface area (Å²) >= 11 is 0. The molecule has 0 radical (unpaired) electrons. The maximum Gasteiger partial charge on any atom is 0.177 e. The molecule has 0 aliphatic carbocycles. The van der Waals surface area contributed by atoms with E-state index in [4.69, 9.17) is 4.74 Å². The molecule has 0 atom stereocenters. The van der Waals surface area contributed by atoms with Crippen molar-refractivity contribution < 1.29 is 4.74 Å². The minimum Gasteiger partial charge on any atom is -0.496 e. The van der Waals surface area contributed by atoms with Crippen LogP contribution < -0.4 is 4.74 Å². The van der Waals surface area contributed by atoms with E-state index in [-0.39, 0.29) is 0 Å². The first-order valence-corrected chi connectivity index (χ1v) is 5.76. The van der Waals surface area contributed by atoms with Crippen LogP contribution >= 0.6 is 0 Å². The van der Waals surface area contributed by atoms with Crippen LogP contribution in [0.15, 0.2) is 48.9 Å². The zero-order valence-corrected chi connectivity index (χ0v) is 10.1. The molecule has 2 aromatic heterocycles. The van der Waals surface area contributed by atoms with Crippen LogP contribution in [0, 0.1) is 0 Å². The van der Waals surface area contributed by atoms with E-state index in [2.05, 4.69) is 20.6 Å². The number of hydrogen-bond donors (Lipinski definition) is 0. The molecule has 0 amide bonds. The van der Waals surface area contributed by atoms with Crippen LogP contribution in [0.4, 0.5) is 0 Å². The van der Waals surface area contributed by atoms with Gasteiger partial charge < -0.3 is 9.30 Å². The maximum absolute atomic E-state index is 5.36. The number of aromatic nitrogens is 3. The Morgan fingerprint density at radius 3 is 2.89 bits per heavy atom. The SMILES string of the molecule is COc1ccccc1Cn1cnc2ncccc21. The summed E-state index contributed by atoms with van der Waals surface area (Å²) in [6.07, 6.45) is 3.56. The fourth-order valence-corrected chi connectivity index (χ4v) is 2.04. The first kappa shape index (κ1) is 10.8. The van der Waals surface area contributed by atoms with Crippen LogP contribution in [0.2, 0.25) is 0 Å². The summed E-state index contributed by atoms with van der Waals surface area (Å²) < 4.78 is 7.43. The molecule has 1 aromatic carbocycles. The molecule has 2 heterocycles. The average Bonchev–Trinajstić information content (AvgIpc) is 2.83. The second kappa shape index (κ2) is 4.49. The minimum atomic E-state index is 0.728. The third-order valence-electron chi connectivity index (χ3n) is 2.93. The van der Waals surface area contributed by atoms with Crippen LogP contribution in [-0.4, -0.2) is 21.6 Å². The molecule has 0 saturated carbocycles.